The third-order valence-electron chi connectivity index (χ3n) is 5.01. The molecule has 1 unspecified atom stereocenters. The fraction of sp³-hybridized carbons (Fsp3) is 1.00. The van der Waals surface area contributed by atoms with Gasteiger partial charge in [-0.2, -0.15) is 0 Å². The largest absolute Gasteiger partial charge is 0.0654 e. The second-order valence-corrected chi connectivity index (χ2v) is 7.25. The van der Waals surface area contributed by atoms with E-state index in [2.05, 4.69) is 27.7 Å². The maximum absolute atomic E-state index is 2.44. The first-order chi connectivity index (χ1) is 8.63. The first-order valence-electron chi connectivity index (χ1n) is 8.63. The van der Waals surface area contributed by atoms with Crippen molar-refractivity contribution >= 4 is 0 Å². The summed E-state index contributed by atoms with van der Waals surface area (Å²) >= 11 is 0. The van der Waals surface area contributed by atoms with E-state index in [1.165, 1.54) is 64.2 Å². The van der Waals surface area contributed by atoms with E-state index in [0.29, 0.717) is 0 Å². The summed E-state index contributed by atoms with van der Waals surface area (Å²) in [6.07, 6.45) is 14.8. The Labute approximate surface area is 116 Å². The number of hydrogen-bond donors (Lipinski definition) is 0. The fourth-order valence-corrected chi connectivity index (χ4v) is 3.63. The standard InChI is InChI=1S/C18H36/c1-5-6-9-17(10-7-8-15(2)3)18-13-11-16(4)12-14-18/h15-18H,5-14H2,1-4H3. The van der Waals surface area contributed by atoms with Gasteiger partial charge < -0.3 is 0 Å². The normalized spacial score (nSPS) is 26.5. The Morgan fingerprint density at radius 3 is 2.06 bits per heavy atom. The Morgan fingerprint density at radius 1 is 0.889 bits per heavy atom. The van der Waals surface area contributed by atoms with Crippen molar-refractivity contribution in [1.29, 1.82) is 0 Å². The smallest absolute Gasteiger partial charge is 0.0386 e. The highest BCUT2D eigenvalue weighted by Crippen LogP contribution is 2.37. The minimum Gasteiger partial charge on any atom is -0.0654 e. The van der Waals surface area contributed by atoms with Gasteiger partial charge in [-0.25, -0.2) is 0 Å². The van der Waals surface area contributed by atoms with Crippen molar-refractivity contribution in [3.05, 3.63) is 0 Å². The first-order valence-corrected chi connectivity index (χ1v) is 8.63. The van der Waals surface area contributed by atoms with Crippen molar-refractivity contribution in [1.82, 2.24) is 0 Å². The molecule has 0 heteroatoms. The van der Waals surface area contributed by atoms with Crippen LogP contribution in [0.4, 0.5) is 0 Å². The minimum atomic E-state index is 0.892. The summed E-state index contributed by atoms with van der Waals surface area (Å²) in [5.41, 5.74) is 0. The second kappa shape index (κ2) is 8.99. The Balaban J connectivity index is 2.34. The van der Waals surface area contributed by atoms with Crippen LogP contribution in [0.5, 0.6) is 0 Å². The fourth-order valence-electron chi connectivity index (χ4n) is 3.63. The van der Waals surface area contributed by atoms with Gasteiger partial charge in [0.05, 0.1) is 0 Å². The van der Waals surface area contributed by atoms with Gasteiger partial charge in [0.25, 0.3) is 0 Å². The molecule has 1 rings (SSSR count). The molecule has 1 fully saturated rings. The number of hydrogen-bond acceptors (Lipinski definition) is 0. The summed E-state index contributed by atoms with van der Waals surface area (Å²) in [6, 6.07) is 0. The van der Waals surface area contributed by atoms with E-state index in [-0.39, 0.29) is 0 Å². The lowest BCUT2D eigenvalue weighted by Gasteiger charge is -2.33. The summed E-state index contributed by atoms with van der Waals surface area (Å²) in [6.45, 7) is 9.51. The van der Waals surface area contributed by atoms with Gasteiger partial charge in [0.1, 0.15) is 0 Å². The molecule has 1 atom stereocenters. The summed E-state index contributed by atoms with van der Waals surface area (Å²) in [5, 5.41) is 0. The van der Waals surface area contributed by atoms with E-state index >= 15 is 0 Å². The molecule has 0 saturated heterocycles. The molecule has 0 N–H and O–H groups in total. The molecule has 0 amide bonds. The molecule has 0 aromatic carbocycles. The molecule has 0 spiro atoms. The molecule has 0 aromatic rings. The van der Waals surface area contributed by atoms with Gasteiger partial charge in [0.2, 0.25) is 0 Å². The van der Waals surface area contributed by atoms with E-state index in [1.807, 2.05) is 0 Å². The van der Waals surface area contributed by atoms with E-state index < -0.39 is 0 Å². The zero-order valence-electron chi connectivity index (χ0n) is 13.4. The molecule has 0 bridgehead atoms. The van der Waals surface area contributed by atoms with Crippen LogP contribution in [-0.2, 0) is 0 Å². The molecule has 0 heterocycles. The zero-order valence-corrected chi connectivity index (χ0v) is 13.4. The molecule has 1 aliphatic carbocycles. The predicted molar refractivity (Wildman–Crippen MR) is 82.8 cm³/mol. The van der Waals surface area contributed by atoms with Crippen LogP contribution in [0.15, 0.2) is 0 Å². The molecule has 0 radical (unpaired) electrons. The summed E-state index contributed by atoms with van der Waals surface area (Å²) < 4.78 is 0. The van der Waals surface area contributed by atoms with Crippen LogP contribution in [-0.4, -0.2) is 0 Å². The number of rotatable bonds is 8. The Bertz CT molecular complexity index is 186. The lowest BCUT2D eigenvalue weighted by Crippen LogP contribution is -2.21. The van der Waals surface area contributed by atoms with E-state index in [1.54, 1.807) is 0 Å². The topological polar surface area (TPSA) is 0 Å². The van der Waals surface area contributed by atoms with Gasteiger partial charge in [-0.15, -0.1) is 0 Å². The van der Waals surface area contributed by atoms with Crippen LogP contribution < -0.4 is 0 Å². The molecular formula is C18H36. The average molecular weight is 252 g/mol. The average Bonchev–Trinajstić information content (AvgIpc) is 2.34. The van der Waals surface area contributed by atoms with Crippen molar-refractivity contribution in [3.63, 3.8) is 0 Å². The number of unbranched alkanes of at least 4 members (excludes halogenated alkanes) is 1. The van der Waals surface area contributed by atoms with E-state index in [9.17, 15) is 0 Å². The van der Waals surface area contributed by atoms with Gasteiger partial charge in [0.15, 0.2) is 0 Å². The third-order valence-corrected chi connectivity index (χ3v) is 5.01. The minimum absolute atomic E-state index is 0.892. The van der Waals surface area contributed by atoms with Crippen LogP contribution in [0.25, 0.3) is 0 Å². The van der Waals surface area contributed by atoms with Gasteiger partial charge in [0, 0.05) is 0 Å². The molecule has 0 nitrogen and oxygen atoms in total. The highest BCUT2D eigenvalue weighted by atomic mass is 14.3. The van der Waals surface area contributed by atoms with Crippen molar-refractivity contribution in [2.24, 2.45) is 23.7 Å². The molecular weight excluding hydrogens is 216 g/mol. The first kappa shape index (κ1) is 16.1. The molecule has 18 heavy (non-hydrogen) atoms. The predicted octanol–water partition coefficient (Wildman–Crippen LogP) is 6.45. The van der Waals surface area contributed by atoms with Gasteiger partial charge in [-0.3, -0.25) is 0 Å². The van der Waals surface area contributed by atoms with Crippen LogP contribution in [0.1, 0.15) is 91.9 Å². The van der Waals surface area contributed by atoms with Crippen molar-refractivity contribution < 1.29 is 0 Å². The molecule has 1 saturated carbocycles. The van der Waals surface area contributed by atoms with Gasteiger partial charge in [-0.1, -0.05) is 79.1 Å². The molecule has 0 aliphatic heterocycles. The quantitative estimate of drug-likeness (QED) is 0.466. The molecule has 108 valence electrons. The van der Waals surface area contributed by atoms with E-state index in [4.69, 9.17) is 0 Å². The maximum Gasteiger partial charge on any atom is -0.0386 e. The lowest BCUT2D eigenvalue weighted by molar-refractivity contribution is 0.187. The van der Waals surface area contributed by atoms with Crippen molar-refractivity contribution in [2.75, 3.05) is 0 Å². The Hall–Kier alpha value is 0. The highest BCUT2D eigenvalue weighted by Gasteiger charge is 2.25. The lowest BCUT2D eigenvalue weighted by atomic mass is 9.73. The van der Waals surface area contributed by atoms with Crippen LogP contribution in [0, 0.1) is 23.7 Å². The van der Waals surface area contributed by atoms with Crippen LogP contribution in [0.3, 0.4) is 0 Å². The Morgan fingerprint density at radius 2 is 1.50 bits per heavy atom. The van der Waals surface area contributed by atoms with Crippen molar-refractivity contribution in [3.8, 4) is 0 Å². The third kappa shape index (κ3) is 6.25. The second-order valence-electron chi connectivity index (χ2n) is 7.25. The summed E-state index contributed by atoms with van der Waals surface area (Å²) in [4.78, 5) is 0. The van der Waals surface area contributed by atoms with Crippen LogP contribution in [0.2, 0.25) is 0 Å². The SMILES string of the molecule is CCCCC(CCCC(C)C)C1CCC(C)CC1. The van der Waals surface area contributed by atoms with Gasteiger partial charge in [-0.05, 0) is 36.5 Å². The summed E-state index contributed by atoms with van der Waals surface area (Å²) in [7, 11) is 0. The Kier molecular flexibility index (Phi) is 8.02. The van der Waals surface area contributed by atoms with Gasteiger partial charge >= 0.3 is 0 Å². The highest BCUT2D eigenvalue weighted by molar-refractivity contribution is 4.76. The maximum atomic E-state index is 2.44. The zero-order chi connectivity index (χ0) is 13.4. The molecule has 0 aromatic heterocycles. The molecule has 1 aliphatic rings. The monoisotopic (exact) mass is 252 g/mol. The van der Waals surface area contributed by atoms with E-state index in [0.717, 1.165) is 23.7 Å². The van der Waals surface area contributed by atoms with Crippen LogP contribution >= 0.6 is 0 Å². The van der Waals surface area contributed by atoms with Crippen molar-refractivity contribution in [2.45, 2.75) is 91.9 Å². The summed E-state index contributed by atoms with van der Waals surface area (Å²) in [5.74, 6) is 4.02.